The van der Waals surface area contributed by atoms with Gasteiger partial charge in [0, 0.05) is 58.9 Å². The molecule has 1 aliphatic rings. The first-order chi connectivity index (χ1) is 16.3. The van der Waals surface area contributed by atoms with Gasteiger partial charge >= 0.3 is 0 Å². The summed E-state index contributed by atoms with van der Waals surface area (Å²) < 4.78 is 5.38. The van der Waals surface area contributed by atoms with Crippen LogP contribution in [0.25, 0.3) is 5.70 Å². The van der Waals surface area contributed by atoms with E-state index >= 15 is 0 Å². The summed E-state index contributed by atoms with van der Waals surface area (Å²) >= 11 is 0. The molecule has 1 aromatic heterocycles. The second-order valence-electron chi connectivity index (χ2n) is 9.04. The second-order valence-corrected chi connectivity index (χ2v) is 9.04. The average Bonchev–Trinajstić information content (AvgIpc) is 2.84. The van der Waals surface area contributed by atoms with Crippen LogP contribution in [-0.4, -0.2) is 35.9 Å². The molecule has 4 rings (SSSR count). The molecule has 2 N–H and O–H groups in total. The minimum atomic E-state index is -0.176. The molecule has 2 heterocycles. The van der Waals surface area contributed by atoms with Crippen molar-refractivity contribution < 1.29 is 14.3 Å². The number of fused-ring (bicyclic) bond motifs is 1. The largest absolute Gasteiger partial charge is 0.497 e. The van der Waals surface area contributed by atoms with Crippen LogP contribution in [0.3, 0.4) is 0 Å². The maximum absolute atomic E-state index is 13.0. The Bertz CT molecular complexity index is 1220. The number of hydrogen-bond donors (Lipinski definition) is 2. The Morgan fingerprint density at radius 2 is 1.85 bits per heavy atom. The normalized spacial score (nSPS) is 15.2. The maximum Gasteiger partial charge on any atom is 0.251 e. The van der Waals surface area contributed by atoms with Crippen molar-refractivity contribution in [2.45, 2.75) is 32.2 Å². The van der Waals surface area contributed by atoms with Gasteiger partial charge < -0.3 is 15.4 Å². The summed E-state index contributed by atoms with van der Waals surface area (Å²) in [6.07, 6.45) is 4.87. The van der Waals surface area contributed by atoms with Gasteiger partial charge in [-0.15, -0.1) is 0 Å². The fourth-order valence-corrected chi connectivity index (χ4v) is 4.11. The molecule has 6 heteroatoms. The first-order valence-electron chi connectivity index (χ1n) is 11.3. The zero-order valence-electron chi connectivity index (χ0n) is 19.7. The van der Waals surface area contributed by atoms with E-state index in [-0.39, 0.29) is 17.2 Å². The number of aromatic nitrogens is 1. The molecule has 1 aliphatic heterocycles. The van der Waals surface area contributed by atoms with Gasteiger partial charge in [-0.2, -0.15) is 0 Å². The van der Waals surface area contributed by atoms with Gasteiger partial charge in [-0.05, 0) is 62.2 Å². The molecular weight excluding hydrogens is 426 g/mol. The number of rotatable bonds is 7. The molecule has 2 aromatic carbocycles. The Morgan fingerprint density at radius 1 is 1.09 bits per heavy atom. The molecule has 0 spiro atoms. The predicted molar refractivity (Wildman–Crippen MR) is 133 cm³/mol. The highest BCUT2D eigenvalue weighted by atomic mass is 16.5. The van der Waals surface area contributed by atoms with Crippen LogP contribution in [0.2, 0.25) is 0 Å². The summed E-state index contributed by atoms with van der Waals surface area (Å²) in [5.41, 5.74) is 4.69. The molecule has 1 amide bonds. The number of pyridine rings is 1. The number of nitrogens with one attached hydrogen (secondary N) is 2. The topological polar surface area (TPSA) is 80.3 Å². The highest BCUT2D eigenvalue weighted by Gasteiger charge is 2.28. The number of allylic oxidation sites excluding steroid dienone is 1. The van der Waals surface area contributed by atoms with E-state index < -0.39 is 0 Å². The molecule has 6 nitrogen and oxygen atoms in total. The van der Waals surface area contributed by atoms with Crippen molar-refractivity contribution in [3.05, 3.63) is 101 Å². The van der Waals surface area contributed by atoms with Gasteiger partial charge in [0.15, 0.2) is 5.78 Å². The van der Waals surface area contributed by atoms with Crippen LogP contribution in [0.1, 0.15) is 51.4 Å². The van der Waals surface area contributed by atoms with E-state index in [0.29, 0.717) is 24.1 Å². The van der Waals surface area contributed by atoms with E-state index in [4.69, 9.17) is 4.74 Å². The lowest BCUT2D eigenvalue weighted by Gasteiger charge is -2.35. The molecule has 0 atom stereocenters. The molecule has 0 radical (unpaired) electrons. The molecule has 0 bridgehead atoms. The van der Waals surface area contributed by atoms with Crippen LogP contribution in [0.5, 0.6) is 5.75 Å². The van der Waals surface area contributed by atoms with Crippen LogP contribution in [0, 0.1) is 0 Å². The summed E-state index contributed by atoms with van der Waals surface area (Å²) in [6, 6.07) is 18.4. The maximum atomic E-state index is 13.0. The van der Waals surface area contributed by atoms with E-state index in [0.717, 1.165) is 29.1 Å². The SMILES string of the molecule is COc1ccc2c(c1)C(=CC(=O)c1ccc(C(=O)NCCc3ccccn3)cc1)NC(C)(C)C2. The van der Waals surface area contributed by atoms with Gasteiger partial charge in [0.05, 0.1) is 7.11 Å². The summed E-state index contributed by atoms with van der Waals surface area (Å²) in [5.74, 6) is 0.443. The van der Waals surface area contributed by atoms with E-state index in [1.165, 1.54) is 5.56 Å². The minimum absolute atomic E-state index is 0.129. The van der Waals surface area contributed by atoms with E-state index in [2.05, 4.69) is 35.5 Å². The van der Waals surface area contributed by atoms with Crippen molar-refractivity contribution in [1.82, 2.24) is 15.6 Å². The van der Waals surface area contributed by atoms with E-state index in [1.807, 2.05) is 30.3 Å². The number of ketones is 1. The first kappa shape index (κ1) is 23.2. The van der Waals surface area contributed by atoms with Crippen molar-refractivity contribution in [2.24, 2.45) is 0 Å². The monoisotopic (exact) mass is 455 g/mol. The van der Waals surface area contributed by atoms with Gasteiger partial charge in [0.1, 0.15) is 5.75 Å². The number of methoxy groups -OCH3 is 1. The lowest BCUT2D eigenvalue weighted by Crippen LogP contribution is -2.43. The fraction of sp³-hybridized carbons (Fsp3) is 0.250. The molecular formula is C28H29N3O3. The summed E-state index contributed by atoms with van der Waals surface area (Å²) in [7, 11) is 1.63. The Morgan fingerprint density at radius 3 is 2.56 bits per heavy atom. The lowest BCUT2D eigenvalue weighted by atomic mass is 9.85. The zero-order valence-corrected chi connectivity index (χ0v) is 19.7. The quantitative estimate of drug-likeness (QED) is 0.412. The van der Waals surface area contributed by atoms with Crippen molar-refractivity contribution >= 4 is 17.4 Å². The Hall–Kier alpha value is -3.93. The Kier molecular flexibility index (Phi) is 6.77. The second kappa shape index (κ2) is 9.91. The highest BCUT2D eigenvalue weighted by Crippen LogP contribution is 2.32. The van der Waals surface area contributed by atoms with Gasteiger partial charge in [0.25, 0.3) is 5.91 Å². The Labute approximate surface area is 200 Å². The third-order valence-corrected chi connectivity index (χ3v) is 5.81. The third kappa shape index (κ3) is 5.52. The minimum Gasteiger partial charge on any atom is -0.497 e. The highest BCUT2D eigenvalue weighted by molar-refractivity contribution is 6.09. The molecule has 34 heavy (non-hydrogen) atoms. The van der Waals surface area contributed by atoms with Crippen LogP contribution in [0.15, 0.2) is 72.9 Å². The molecule has 0 saturated carbocycles. The van der Waals surface area contributed by atoms with Gasteiger partial charge in [-0.3, -0.25) is 14.6 Å². The fourth-order valence-electron chi connectivity index (χ4n) is 4.11. The number of carbonyl (C=O) groups is 2. The van der Waals surface area contributed by atoms with Gasteiger partial charge in [0.2, 0.25) is 0 Å². The molecule has 0 fully saturated rings. The molecule has 0 saturated heterocycles. The van der Waals surface area contributed by atoms with Gasteiger partial charge in [-0.1, -0.05) is 24.3 Å². The standard InChI is InChI=1S/C28H29N3O3/c1-28(2)18-21-11-12-23(34-3)16-24(21)25(31-28)17-26(32)19-7-9-20(10-8-19)27(33)30-15-13-22-6-4-5-14-29-22/h4-12,14,16-17,31H,13,15,18H2,1-3H3,(H,30,33). The molecule has 0 unspecified atom stereocenters. The Balaban J connectivity index is 1.46. The smallest absolute Gasteiger partial charge is 0.251 e. The van der Waals surface area contributed by atoms with Crippen LogP contribution in [-0.2, 0) is 12.8 Å². The first-order valence-corrected chi connectivity index (χ1v) is 11.3. The molecule has 174 valence electrons. The van der Waals surface area contributed by atoms with Crippen LogP contribution in [0.4, 0.5) is 0 Å². The van der Waals surface area contributed by atoms with Crippen molar-refractivity contribution in [1.29, 1.82) is 0 Å². The molecule has 0 aliphatic carbocycles. The molecule has 3 aromatic rings. The van der Waals surface area contributed by atoms with Crippen molar-refractivity contribution in [2.75, 3.05) is 13.7 Å². The number of benzene rings is 2. The van der Waals surface area contributed by atoms with E-state index in [9.17, 15) is 9.59 Å². The van der Waals surface area contributed by atoms with Crippen LogP contribution < -0.4 is 15.4 Å². The van der Waals surface area contributed by atoms with Crippen molar-refractivity contribution in [3.8, 4) is 5.75 Å². The van der Waals surface area contributed by atoms with Gasteiger partial charge in [-0.25, -0.2) is 0 Å². The van der Waals surface area contributed by atoms with Crippen molar-refractivity contribution in [3.63, 3.8) is 0 Å². The predicted octanol–water partition coefficient (Wildman–Crippen LogP) is 4.21. The number of ether oxygens (including phenoxy) is 1. The summed E-state index contributed by atoms with van der Waals surface area (Å²) in [4.78, 5) is 29.7. The summed E-state index contributed by atoms with van der Waals surface area (Å²) in [6.45, 7) is 4.71. The van der Waals surface area contributed by atoms with Crippen LogP contribution >= 0.6 is 0 Å². The number of amides is 1. The number of nitrogens with zero attached hydrogens (tertiary/aromatic N) is 1. The zero-order chi connectivity index (χ0) is 24.1. The van der Waals surface area contributed by atoms with E-state index in [1.54, 1.807) is 43.6 Å². The summed E-state index contributed by atoms with van der Waals surface area (Å²) in [5, 5.41) is 6.38. The third-order valence-electron chi connectivity index (χ3n) is 5.81. The lowest BCUT2D eigenvalue weighted by molar-refractivity contribution is 0.0952. The average molecular weight is 456 g/mol. The number of hydrogen-bond acceptors (Lipinski definition) is 5. The number of carbonyl (C=O) groups excluding carboxylic acids is 2.